The first-order valence-electron chi connectivity index (χ1n) is 10.9. The molecule has 0 aliphatic heterocycles. The van der Waals surface area contributed by atoms with Gasteiger partial charge in [0, 0.05) is 18.3 Å². The summed E-state index contributed by atoms with van der Waals surface area (Å²) in [6.07, 6.45) is 1.69. The molecule has 7 nitrogen and oxygen atoms in total. The first-order valence-corrected chi connectivity index (χ1v) is 10.9. The summed E-state index contributed by atoms with van der Waals surface area (Å²) in [6.45, 7) is 2.21. The van der Waals surface area contributed by atoms with Gasteiger partial charge in [-0.3, -0.25) is 9.59 Å². The molecule has 4 rings (SSSR count). The molecule has 0 saturated carbocycles. The van der Waals surface area contributed by atoms with Gasteiger partial charge in [-0.15, -0.1) is 0 Å². The SMILES string of the molecule is COc1ccc(CNC(=O)CNC(=O)c2cn(-c3ccccc3)nc2-c2cccc(C)c2)cc1. The number of aryl methyl sites for hydroxylation is 1. The molecule has 2 amide bonds. The Morgan fingerprint density at radius 3 is 2.41 bits per heavy atom. The monoisotopic (exact) mass is 454 g/mol. The maximum atomic E-state index is 13.1. The van der Waals surface area contributed by atoms with E-state index in [2.05, 4.69) is 15.7 Å². The molecule has 0 spiro atoms. The van der Waals surface area contributed by atoms with Crippen LogP contribution < -0.4 is 15.4 Å². The summed E-state index contributed by atoms with van der Waals surface area (Å²) in [5.74, 6) is 0.109. The fraction of sp³-hybridized carbons (Fsp3) is 0.148. The van der Waals surface area contributed by atoms with Gasteiger partial charge in [0.2, 0.25) is 5.91 Å². The first-order chi connectivity index (χ1) is 16.5. The number of ether oxygens (including phenoxy) is 1. The van der Waals surface area contributed by atoms with E-state index in [0.29, 0.717) is 17.8 Å². The number of rotatable bonds is 8. The summed E-state index contributed by atoms with van der Waals surface area (Å²) in [4.78, 5) is 25.4. The lowest BCUT2D eigenvalue weighted by atomic mass is 10.1. The van der Waals surface area contributed by atoms with Gasteiger partial charge in [-0.1, -0.05) is 54.1 Å². The minimum Gasteiger partial charge on any atom is -0.497 e. The summed E-state index contributed by atoms with van der Waals surface area (Å²) < 4.78 is 6.81. The maximum Gasteiger partial charge on any atom is 0.255 e. The molecule has 172 valence electrons. The number of aromatic nitrogens is 2. The Morgan fingerprint density at radius 1 is 0.941 bits per heavy atom. The van der Waals surface area contributed by atoms with Gasteiger partial charge in [0.1, 0.15) is 11.4 Å². The molecule has 1 aromatic heterocycles. The quantitative estimate of drug-likeness (QED) is 0.423. The highest BCUT2D eigenvalue weighted by Crippen LogP contribution is 2.24. The highest BCUT2D eigenvalue weighted by molar-refractivity contribution is 6.01. The predicted octanol–water partition coefficient (Wildman–Crippen LogP) is 3.90. The molecule has 0 fully saturated rings. The number of hydrogen-bond donors (Lipinski definition) is 2. The maximum absolute atomic E-state index is 13.1. The van der Waals surface area contributed by atoms with E-state index < -0.39 is 0 Å². The van der Waals surface area contributed by atoms with Crippen molar-refractivity contribution in [2.45, 2.75) is 13.5 Å². The number of hydrogen-bond acceptors (Lipinski definition) is 4. The van der Waals surface area contributed by atoms with Crippen molar-refractivity contribution in [2.75, 3.05) is 13.7 Å². The molecular formula is C27H26N4O3. The van der Waals surface area contributed by atoms with Crippen LogP contribution in [0.25, 0.3) is 16.9 Å². The number of benzene rings is 3. The molecule has 0 unspecified atom stereocenters. The summed E-state index contributed by atoms with van der Waals surface area (Å²) in [5, 5.41) is 10.2. The Balaban J connectivity index is 1.47. The number of methoxy groups -OCH3 is 1. The van der Waals surface area contributed by atoms with Crippen molar-refractivity contribution in [2.24, 2.45) is 0 Å². The molecule has 34 heavy (non-hydrogen) atoms. The van der Waals surface area contributed by atoms with Gasteiger partial charge in [-0.05, 0) is 42.8 Å². The van der Waals surface area contributed by atoms with E-state index in [-0.39, 0.29) is 18.4 Å². The molecule has 0 aliphatic rings. The smallest absolute Gasteiger partial charge is 0.255 e. The number of amides is 2. The van der Waals surface area contributed by atoms with E-state index in [1.54, 1.807) is 18.0 Å². The Hall–Kier alpha value is -4.39. The number of para-hydroxylation sites is 1. The highest BCUT2D eigenvalue weighted by atomic mass is 16.5. The molecule has 0 atom stereocenters. The van der Waals surface area contributed by atoms with E-state index in [9.17, 15) is 9.59 Å². The van der Waals surface area contributed by atoms with Crippen molar-refractivity contribution in [1.29, 1.82) is 0 Å². The average molecular weight is 455 g/mol. The van der Waals surface area contributed by atoms with E-state index in [0.717, 1.165) is 28.1 Å². The first kappa shape index (κ1) is 22.8. The Morgan fingerprint density at radius 2 is 1.71 bits per heavy atom. The number of carbonyl (C=O) groups is 2. The predicted molar refractivity (Wildman–Crippen MR) is 131 cm³/mol. The van der Waals surface area contributed by atoms with Crippen molar-refractivity contribution >= 4 is 11.8 Å². The fourth-order valence-corrected chi connectivity index (χ4v) is 3.52. The molecule has 0 saturated heterocycles. The van der Waals surface area contributed by atoms with E-state index in [1.807, 2.05) is 85.8 Å². The highest BCUT2D eigenvalue weighted by Gasteiger charge is 2.19. The van der Waals surface area contributed by atoms with Crippen LogP contribution in [0.5, 0.6) is 5.75 Å². The fourth-order valence-electron chi connectivity index (χ4n) is 3.52. The lowest BCUT2D eigenvalue weighted by molar-refractivity contribution is -0.120. The zero-order valence-electron chi connectivity index (χ0n) is 19.1. The van der Waals surface area contributed by atoms with Gasteiger partial charge in [-0.25, -0.2) is 4.68 Å². The van der Waals surface area contributed by atoms with Crippen LogP contribution in [0.4, 0.5) is 0 Å². The van der Waals surface area contributed by atoms with Crippen LogP contribution in [0.2, 0.25) is 0 Å². The molecule has 4 aromatic rings. The number of nitrogens with one attached hydrogen (secondary N) is 2. The summed E-state index contributed by atoms with van der Waals surface area (Å²) in [5.41, 5.74) is 4.64. The normalized spacial score (nSPS) is 10.5. The van der Waals surface area contributed by atoms with Crippen LogP contribution in [-0.2, 0) is 11.3 Å². The molecule has 7 heteroatoms. The topological polar surface area (TPSA) is 85.3 Å². The molecule has 0 radical (unpaired) electrons. The number of nitrogens with zero attached hydrogens (tertiary/aromatic N) is 2. The lowest BCUT2D eigenvalue weighted by Crippen LogP contribution is -2.36. The third-order valence-corrected chi connectivity index (χ3v) is 5.33. The lowest BCUT2D eigenvalue weighted by Gasteiger charge is -2.08. The van der Waals surface area contributed by atoms with Crippen LogP contribution in [0.3, 0.4) is 0 Å². The van der Waals surface area contributed by atoms with Gasteiger partial charge in [0.15, 0.2) is 0 Å². The Labute approximate surface area is 198 Å². The van der Waals surface area contributed by atoms with Gasteiger partial charge < -0.3 is 15.4 Å². The second-order valence-electron chi connectivity index (χ2n) is 7.85. The molecule has 1 heterocycles. The largest absolute Gasteiger partial charge is 0.497 e. The van der Waals surface area contributed by atoms with Gasteiger partial charge in [-0.2, -0.15) is 5.10 Å². The number of carbonyl (C=O) groups excluding carboxylic acids is 2. The van der Waals surface area contributed by atoms with E-state index in [1.165, 1.54) is 0 Å². The van der Waals surface area contributed by atoms with Crippen molar-refractivity contribution in [3.8, 4) is 22.7 Å². The van der Waals surface area contributed by atoms with Gasteiger partial charge in [0.25, 0.3) is 5.91 Å². The summed E-state index contributed by atoms with van der Waals surface area (Å²) >= 11 is 0. The van der Waals surface area contributed by atoms with Crippen LogP contribution in [-0.4, -0.2) is 35.2 Å². The molecule has 2 N–H and O–H groups in total. The molecule has 0 aliphatic carbocycles. The second kappa shape index (κ2) is 10.5. The average Bonchev–Trinajstić information content (AvgIpc) is 3.33. The molecular weight excluding hydrogens is 428 g/mol. The second-order valence-corrected chi connectivity index (χ2v) is 7.85. The third-order valence-electron chi connectivity index (χ3n) is 5.33. The van der Waals surface area contributed by atoms with Crippen LogP contribution in [0.15, 0.2) is 85.1 Å². The van der Waals surface area contributed by atoms with Gasteiger partial charge >= 0.3 is 0 Å². The Kier molecular flexibility index (Phi) is 7.03. The van der Waals surface area contributed by atoms with Crippen molar-refractivity contribution < 1.29 is 14.3 Å². The Bertz CT molecular complexity index is 1280. The summed E-state index contributed by atoms with van der Waals surface area (Å²) in [7, 11) is 1.60. The van der Waals surface area contributed by atoms with E-state index in [4.69, 9.17) is 4.74 Å². The van der Waals surface area contributed by atoms with Crippen LogP contribution in [0, 0.1) is 6.92 Å². The zero-order chi connectivity index (χ0) is 23.9. The summed E-state index contributed by atoms with van der Waals surface area (Å²) in [6, 6.07) is 24.8. The van der Waals surface area contributed by atoms with Crippen molar-refractivity contribution in [3.63, 3.8) is 0 Å². The molecule has 3 aromatic carbocycles. The van der Waals surface area contributed by atoms with Gasteiger partial charge in [0.05, 0.1) is 24.9 Å². The van der Waals surface area contributed by atoms with Crippen LogP contribution >= 0.6 is 0 Å². The van der Waals surface area contributed by atoms with Crippen LogP contribution in [0.1, 0.15) is 21.5 Å². The molecule has 0 bridgehead atoms. The zero-order valence-corrected chi connectivity index (χ0v) is 19.1. The van der Waals surface area contributed by atoms with E-state index >= 15 is 0 Å². The van der Waals surface area contributed by atoms with Crippen molar-refractivity contribution in [3.05, 3.63) is 102 Å². The van der Waals surface area contributed by atoms with Crippen molar-refractivity contribution in [1.82, 2.24) is 20.4 Å². The minimum absolute atomic E-state index is 0.140. The third kappa shape index (κ3) is 5.50. The minimum atomic E-state index is -0.363. The standard InChI is InChI=1S/C27H26N4O3/c1-19-7-6-8-21(15-19)26-24(18-31(30-26)22-9-4-3-5-10-22)27(33)29-17-25(32)28-16-20-11-13-23(34-2)14-12-20/h3-15,18H,16-17H2,1-2H3,(H,28,32)(H,29,33).